The summed E-state index contributed by atoms with van der Waals surface area (Å²) in [6.07, 6.45) is 3.72. The number of rotatable bonds is 2. The second-order valence-electron chi connectivity index (χ2n) is 4.71. The third kappa shape index (κ3) is 3.99. The summed E-state index contributed by atoms with van der Waals surface area (Å²) in [5.74, 6) is 1.15. The molecule has 0 aromatic carbocycles. The van der Waals surface area contributed by atoms with Crippen LogP contribution in [0.1, 0.15) is 40.0 Å². The fraction of sp³-hybridized carbons (Fsp3) is 0.909. The lowest BCUT2D eigenvalue weighted by atomic mass is 9.78. The molecular weight excluding hydrogens is 212 g/mol. The Morgan fingerprint density at radius 2 is 1.80 bits per heavy atom. The van der Waals surface area contributed by atoms with E-state index in [2.05, 4.69) is 19.2 Å². The lowest BCUT2D eigenvalue weighted by Gasteiger charge is -2.35. The molecule has 1 saturated carbocycles. The highest BCUT2D eigenvalue weighted by atomic mass is 35.5. The molecule has 0 saturated heterocycles. The molecule has 0 radical (unpaired) electrons. The number of carbonyl (C=O) groups is 1. The second-order valence-corrected chi connectivity index (χ2v) is 4.71. The van der Waals surface area contributed by atoms with Crippen molar-refractivity contribution in [3.05, 3.63) is 0 Å². The van der Waals surface area contributed by atoms with Crippen LogP contribution in [0.15, 0.2) is 0 Å². The molecule has 0 aromatic rings. The molecule has 0 bridgehead atoms. The van der Waals surface area contributed by atoms with Crippen LogP contribution in [0.3, 0.4) is 0 Å². The van der Waals surface area contributed by atoms with Gasteiger partial charge in [-0.3, -0.25) is 4.79 Å². The molecule has 1 aliphatic rings. The Morgan fingerprint density at radius 1 is 1.33 bits per heavy atom. The maximum absolute atomic E-state index is 11.5. The molecular formula is C11H23ClN2O. The SMILES string of the molecule is CC1CCCC(C)C1NC(=O)[C@@H](C)N.Cl. The third-order valence-electron chi connectivity index (χ3n) is 3.27. The van der Waals surface area contributed by atoms with Gasteiger partial charge in [0.25, 0.3) is 0 Å². The molecule has 1 fully saturated rings. The van der Waals surface area contributed by atoms with Gasteiger partial charge >= 0.3 is 0 Å². The van der Waals surface area contributed by atoms with Crippen molar-refractivity contribution in [3.63, 3.8) is 0 Å². The van der Waals surface area contributed by atoms with E-state index in [1.165, 1.54) is 19.3 Å². The Balaban J connectivity index is 0.00000196. The monoisotopic (exact) mass is 234 g/mol. The van der Waals surface area contributed by atoms with E-state index < -0.39 is 6.04 Å². The molecule has 2 unspecified atom stereocenters. The van der Waals surface area contributed by atoms with Gasteiger partial charge in [-0.25, -0.2) is 0 Å². The van der Waals surface area contributed by atoms with Crippen LogP contribution in [0.4, 0.5) is 0 Å². The van der Waals surface area contributed by atoms with Crippen molar-refractivity contribution in [1.29, 1.82) is 0 Å². The van der Waals surface area contributed by atoms with E-state index in [9.17, 15) is 4.79 Å². The van der Waals surface area contributed by atoms with E-state index in [0.29, 0.717) is 17.9 Å². The molecule has 1 aliphatic carbocycles. The number of carbonyl (C=O) groups excluding carboxylic acids is 1. The molecule has 90 valence electrons. The smallest absolute Gasteiger partial charge is 0.236 e. The number of nitrogens with one attached hydrogen (secondary N) is 1. The second kappa shape index (κ2) is 6.33. The Hall–Kier alpha value is -0.280. The summed E-state index contributed by atoms with van der Waals surface area (Å²) in [7, 11) is 0. The van der Waals surface area contributed by atoms with Crippen molar-refractivity contribution in [3.8, 4) is 0 Å². The predicted molar refractivity (Wildman–Crippen MR) is 65.0 cm³/mol. The largest absolute Gasteiger partial charge is 0.351 e. The Labute approximate surface area is 98.6 Å². The lowest BCUT2D eigenvalue weighted by Crippen LogP contribution is -2.50. The number of amides is 1. The van der Waals surface area contributed by atoms with Gasteiger partial charge in [0.2, 0.25) is 5.91 Å². The van der Waals surface area contributed by atoms with Gasteiger partial charge in [0, 0.05) is 6.04 Å². The van der Waals surface area contributed by atoms with Crippen molar-refractivity contribution < 1.29 is 4.79 Å². The van der Waals surface area contributed by atoms with E-state index in [4.69, 9.17) is 5.73 Å². The first kappa shape index (κ1) is 14.7. The van der Waals surface area contributed by atoms with Crippen LogP contribution in [-0.4, -0.2) is 18.0 Å². The maximum atomic E-state index is 11.5. The zero-order chi connectivity index (χ0) is 10.7. The van der Waals surface area contributed by atoms with Gasteiger partial charge < -0.3 is 11.1 Å². The first-order valence-corrected chi connectivity index (χ1v) is 5.58. The van der Waals surface area contributed by atoms with Crippen LogP contribution in [-0.2, 0) is 4.79 Å². The fourth-order valence-corrected chi connectivity index (χ4v) is 2.26. The van der Waals surface area contributed by atoms with E-state index >= 15 is 0 Å². The molecule has 0 spiro atoms. The molecule has 3 atom stereocenters. The van der Waals surface area contributed by atoms with Crippen LogP contribution < -0.4 is 11.1 Å². The first-order valence-electron chi connectivity index (χ1n) is 5.58. The molecule has 1 amide bonds. The topological polar surface area (TPSA) is 55.1 Å². The molecule has 0 aromatic heterocycles. The van der Waals surface area contributed by atoms with Gasteiger partial charge in [0.15, 0.2) is 0 Å². The Morgan fingerprint density at radius 3 is 2.20 bits per heavy atom. The summed E-state index contributed by atoms with van der Waals surface area (Å²) in [6.45, 7) is 6.15. The molecule has 3 N–H and O–H groups in total. The highest BCUT2D eigenvalue weighted by molar-refractivity contribution is 5.85. The Kier molecular flexibility index (Phi) is 6.22. The minimum Gasteiger partial charge on any atom is -0.351 e. The summed E-state index contributed by atoms with van der Waals surface area (Å²) >= 11 is 0. The zero-order valence-electron chi connectivity index (χ0n) is 9.82. The van der Waals surface area contributed by atoms with Crippen molar-refractivity contribution in [2.45, 2.75) is 52.1 Å². The minimum atomic E-state index is -0.392. The van der Waals surface area contributed by atoms with Crippen LogP contribution in [0.25, 0.3) is 0 Å². The molecule has 0 aliphatic heterocycles. The standard InChI is InChI=1S/C11H22N2O.ClH/c1-7-5-4-6-8(2)10(7)13-11(14)9(3)12;/h7-10H,4-6,12H2,1-3H3,(H,13,14);1H/t7?,8?,9-,10?;/m1./s1. The van der Waals surface area contributed by atoms with Gasteiger partial charge in [-0.05, 0) is 31.6 Å². The number of hydrogen-bond acceptors (Lipinski definition) is 2. The van der Waals surface area contributed by atoms with Crippen molar-refractivity contribution in [1.82, 2.24) is 5.32 Å². The summed E-state index contributed by atoms with van der Waals surface area (Å²) in [6, 6.07) is -0.0708. The van der Waals surface area contributed by atoms with Crippen molar-refractivity contribution in [2.75, 3.05) is 0 Å². The van der Waals surface area contributed by atoms with E-state index in [0.717, 1.165) is 0 Å². The summed E-state index contributed by atoms with van der Waals surface area (Å²) in [5, 5.41) is 3.05. The first-order chi connectivity index (χ1) is 6.52. The maximum Gasteiger partial charge on any atom is 0.236 e. The number of nitrogens with two attached hydrogens (primary N) is 1. The average molecular weight is 235 g/mol. The van der Waals surface area contributed by atoms with Gasteiger partial charge in [-0.15, -0.1) is 12.4 Å². The van der Waals surface area contributed by atoms with Crippen molar-refractivity contribution in [2.24, 2.45) is 17.6 Å². The van der Waals surface area contributed by atoms with Crippen molar-refractivity contribution >= 4 is 18.3 Å². The van der Waals surface area contributed by atoms with E-state index in [-0.39, 0.29) is 18.3 Å². The van der Waals surface area contributed by atoms with Gasteiger partial charge in [0.05, 0.1) is 6.04 Å². The normalized spacial score (nSPS) is 32.7. The zero-order valence-corrected chi connectivity index (χ0v) is 10.6. The van der Waals surface area contributed by atoms with Gasteiger partial charge in [0.1, 0.15) is 0 Å². The molecule has 3 nitrogen and oxygen atoms in total. The molecule has 15 heavy (non-hydrogen) atoms. The third-order valence-corrected chi connectivity index (χ3v) is 3.27. The summed E-state index contributed by atoms with van der Waals surface area (Å²) < 4.78 is 0. The van der Waals surface area contributed by atoms with E-state index in [1.54, 1.807) is 6.92 Å². The minimum absolute atomic E-state index is 0. The molecule has 4 heteroatoms. The fourth-order valence-electron chi connectivity index (χ4n) is 2.26. The van der Waals surface area contributed by atoms with Crippen LogP contribution in [0.2, 0.25) is 0 Å². The van der Waals surface area contributed by atoms with Crippen LogP contribution in [0.5, 0.6) is 0 Å². The highest BCUT2D eigenvalue weighted by Gasteiger charge is 2.29. The van der Waals surface area contributed by atoms with Crippen LogP contribution in [0, 0.1) is 11.8 Å². The predicted octanol–water partition coefficient (Wildman–Crippen LogP) is 1.70. The van der Waals surface area contributed by atoms with Gasteiger partial charge in [-0.1, -0.05) is 20.3 Å². The lowest BCUT2D eigenvalue weighted by molar-refractivity contribution is -0.123. The summed E-state index contributed by atoms with van der Waals surface area (Å²) in [5.41, 5.74) is 5.53. The molecule has 0 heterocycles. The highest BCUT2D eigenvalue weighted by Crippen LogP contribution is 2.28. The Bertz CT molecular complexity index is 199. The summed E-state index contributed by atoms with van der Waals surface area (Å²) in [4.78, 5) is 11.5. The van der Waals surface area contributed by atoms with Crippen LogP contribution >= 0.6 is 12.4 Å². The number of hydrogen-bond donors (Lipinski definition) is 2. The number of halogens is 1. The van der Waals surface area contributed by atoms with E-state index in [1.807, 2.05) is 0 Å². The van der Waals surface area contributed by atoms with Gasteiger partial charge in [-0.2, -0.15) is 0 Å². The quantitative estimate of drug-likeness (QED) is 0.764. The average Bonchev–Trinajstić information content (AvgIpc) is 2.11. The molecule has 1 rings (SSSR count).